The summed E-state index contributed by atoms with van der Waals surface area (Å²) in [7, 11) is 0. The Morgan fingerprint density at radius 2 is 1.96 bits per heavy atom. The molecule has 5 nitrogen and oxygen atoms in total. The summed E-state index contributed by atoms with van der Waals surface area (Å²) in [6.07, 6.45) is 2.79. The first-order valence-electron chi connectivity index (χ1n) is 7.54. The van der Waals surface area contributed by atoms with E-state index in [1.165, 1.54) is 16.5 Å². The molecule has 132 valence electrons. The van der Waals surface area contributed by atoms with Crippen LogP contribution in [0.5, 0.6) is 0 Å². The summed E-state index contributed by atoms with van der Waals surface area (Å²) in [4.78, 5) is 11.5. The van der Waals surface area contributed by atoms with Crippen LogP contribution in [0.1, 0.15) is 18.1 Å². The van der Waals surface area contributed by atoms with E-state index in [0.717, 1.165) is 5.56 Å². The largest absolute Gasteiger partial charge is 0.463 e. The van der Waals surface area contributed by atoms with Crippen molar-refractivity contribution < 1.29 is 18.3 Å². The summed E-state index contributed by atoms with van der Waals surface area (Å²) < 4.78 is 27.9. The SMILES string of the molecule is CCOC(=O)C=Cc1ccc(Cl)cc1N(c1ccc(C)cc1)S(=O)O. The second-order valence-corrected chi connectivity index (χ2v) is 6.41. The van der Waals surface area contributed by atoms with E-state index in [1.807, 2.05) is 19.1 Å². The molecule has 0 spiro atoms. The van der Waals surface area contributed by atoms with Gasteiger partial charge in [-0.1, -0.05) is 35.4 Å². The van der Waals surface area contributed by atoms with E-state index < -0.39 is 17.2 Å². The quantitative estimate of drug-likeness (QED) is 0.456. The average molecular weight is 380 g/mol. The maximum atomic E-state index is 12.0. The number of esters is 1. The summed E-state index contributed by atoms with van der Waals surface area (Å²) >= 11 is 3.74. The molecule has 25 heavy (non-hydrogen) atoms. The number of hydrogen-bond donors (Lipinski definition) is 1. The number of rotatable bonds is 6. The Balaban J connectivity index is 2.50. The van der Waals surface area contributed by atoms with E-state index in [4.69, 9.17) is 16.3 Å². The molecule has 1 atom stereocenters. The van der Waals surface area contributed by atoms with Gasteiger partial charge in [0.15, 0.2) is 0 Å². The van der Waals surface area contributed by atoms with Crippen molar-refractivity contribution in [2.45, 2.75) is 13.8 Å². The first-order chi connectivity index (χ1) is 11.9. The Labute approximate surface area is 154 Å². The molecule has 0 fully saturated rings. The smallest absolute Gasteiger partial charge is 0.330 e. The van der Waals surface area contributed by atoms with Gasteiger partial charge in [0.2, 0.25) is 0 Å². The Hall–Kier alpha value is -2.15. The topological polar surface area (TPSA) is 66.8 Å². The van der Waals surface area contributed by atoms with E-state index in [9.17, 15) is 13.6 Å². The summed E-state index contributed by atoms with van der Waals surface area (Å²) in [6, 6.07) is 12.0. The zero-order valence-electron chi connectivity index (χ0n) is 13.8. The molecule has 2 rings (SSSR count). The van der Waals surface area contributed by atoms with Crippen molar-refractivity contribution >= 4 is 46.3 Å². The van der Waals surface area contributed by atoms with Crippen molar-refractivity contribution in [3.63, 3.8) is 0 Å². The van der Waals surface area contributed by atoms with Crippen LogP contribution in [0.2, 0.25) is 5.02 Å². The van der Waals surface area contributed by atoms with Gasteiger partial charge >= 0.3 is 5.97 Å². The monoisotopic (exact) mass is 379 g/mol. The molecule has 2 aromatic rings. The molecular weight excluding hydrogens is 362 g/mol. The molecule has 0 saturated heterocycles. The van der Waals surface area contributed by atoms with E-state index in [0.29, 0.717) is 22.0 Å². The van der Waals surface area contributed by atoms with Gasteiger partial charge in [0.05, 0.1) is 18.0 Å². The average Bonchev–Trinajstić information content (AvgIpc) is 2.56. The van der Waals surface area contributed by atoms with E-state index in [-0.39, 0.29) is 6.61 Å². The van der Waals surface area contributed by atoms with Crippen LogP contribution in [0.3, 0.4) is 0 Å². The fourth-order valence-corrected chi connectivity index (χ4v) is 2.97. The van der Waals surface area contributed by atoms with Gasteiger partial charge in [-0.2, -0.15) is 0 Å². The van der Waals surface area contributed by atoms with Gasteiger partial charge in [-0.25, -0.2) is 13.3 Å². The van der Waals surface area contributed by atoms with Crippen molar-refractivity contribution in [3.05, 3.63) is 64.7 Å². The number of ether oxygens (including phenoxy) is 1. The van der Waals surface area contributed by atoms with Crippen LogP contribution < -0.4 is 4.31 Å². The maximum absolute atomic E-state index is 12.0. The molecule has 0 aliphatic carbocycles. The minimum Gasteiger partial charge on any atom is -0.463 e. The van der Waals surface area contributed by atoms with Crippen LogP contribution in [0, 0.1) is 6.92 Å². The number of nitrogens with zero attached hydrogens (tertiary/aromatic N) is 1. The van der Waals surface area contributed by atoms with E-state index in [2.05, 4.69) is 0 Å². The normalized spacial score (nSPS) is 12.2. The van der Waals surface area contributed by atoms with Gasteiger partial charge in [-0.05, 0) is 49.8 Å². The molecule has 0 aromatic heterocycles. The first-order valence-corrected chi connectivity index (χ1v) is 8.98. The molecule has 0 radical (unpaired) electrons. The second kappa shape index (κ2) is 8.80. The molecule has 0 heterocycles. The molecule has 0 saturated carbocycles. The predicted octanol–water partition coefficient (Wildman–Crippen LogP) is 4.50. The van der Waals surface area contributed by atoms with Gasteiger partial charge in [0.25, 0.3) is 11.3 Å². The number of carbonyl (C=O) groups is 1. The number of hydrogen-bond acceptors (Lipinski definition) is 3. The minimum absolute atomic E-state index is 0.271. The van der Waals surface area contributed by atoms with Gasteiger partial charge < -0.3 is 4.74 Å². The lowest BCUT2D eigenvalue weighted by Crippen LogP contribution is -2.20. The maximum Gasteiger partial charge on any atom is 0.330 e. The number of halogens is 1. The van der Waals surface area contributed by atoms with E-state index in [1.54, 1.807) is 37.3 Å². The van der Waals surface area contributed by atoms with Crippen LogP contribution in [0.4, 0.5) is 11.4 Å². The Morgan fingerprint density at radius 1 is 1.28 bits per heavy atom. The van der Waals surface area contributed by atoms with Crippen LogP contribution >= 0.6 is 11.6 Å². The first kappa shape index (κ1) is 19.2. The minimum atomic E-state index is -2.32. The Morgan fingerprint density at radius 3 is 2.56 bits per heavy atom. The third-order valence-corrected chi connectivity index (χ3v) is 4.28. The van der Waals surface area contributed by atoms with Crippen LogP contribution in [0.25, 0.3) is 6.08 Å². The van der Waals surface area contributed by atoms with Gasteiger partial charge in [0, 0.05) is 11.1 Å². The molecule has 1 unspecified atom stereocenters. The molecule has 0 aliphatic heterocycles. The van der Waals surface area contributed by atoms with Crippen molar-refractivity contribution in [2.24, 2.45) is 0 Å². The third kappa shape index (κ3) is 5.16. The standard InChI is InChI=1S/C18H18ClNO4S/c1-3-24-18(21)11-7-14-6-8-15(19)12-17(14)20(25(22)23)16-9-4-13(2)5-10-16/h4-12H,3H2,1-2H3,(H,22,23). The molecule has 0 amide bonds. The van der Waals surface area contributed by atoms with E-state index >= 15 is 0 Å². The summed E-state index contributed by atoms with van der Waals surface area (Å²) in [5.74, 6) is -0.490. The second-order valence-electron chi connectivity index (χ2n) is 5.15. The highest BCUT2D eigenvalue weighted by Gasteiger charge is 2.18. The lowest BCUT2D eigenvalue weighted by Gasteiger charge is -2.22. The van der Waals surface area contributed by atoms with Gasteiger partial charge in [0.1, 0.15) is 0 Å². The van der Waals surface area contributed by atoms with Crippen molar-refractivity contribution in [2.75, 3.05) is 10.9 Å². The summed E-state index contributed by atoms with van der Waals surface area (Å²) in [5.41, 5.74) is 2.51. The molecule has 0 aliphatic rings. The zero-order valence-corrected chi connectivity index (χ0v) is 15.4. The molecular formula is C18H18ClNO4S. The Kier molecular flexibility index (Phi) is 6.75. The fraction of sp³-hybridized carbons (Fsp3) is 0.167. The highest BCUT2D eigenvalue weighted by atomic mass is 35.5. The molecule has 1 N–H and O–H groups in total. The number of benzene rings is 2. The summed E-state index contributed by atoms with van der Waals surface area (Å²) in [6.45, 7) is 3.91. The van der Waals surface area contributed by atoms with Gasteiger partial charge in [-0.15, -0.1) is 0 Å². The highest BCUT2D eigenvalue weighted by Crippen LogP contribution is 2.33. The summed E-state index contributed by atoms with van der Waals surface area (Å²) in [5, 5.41) is 0.408. The van der Waals surface area contributed by atoms with Crippen molar-refractivity contribution in [1.29, 1.82) is 0 Å². The van der Waals surface area contributed by atoms with Crippen molar-refractivity contribution in [1.82, 2.24) is 0 Å². The number of anilines is 2. The van der Waals surface area contributed by atoms with Crippen LogP contribution in [-0.2, 0) is 20.8 Å². The Bertz CT molecular complexity index is 805. The lowest BCUT2D eigenvalue weighted by atomic mass is 10.1. The molecule has 2 aromatic carbocycles. The van der Waals surface area contributed by atoms with Crippen LogP contribution in [-0.4, -0.2) is 21.3 Å². The fourth-order valence-electron chi connectivity index (χ4n) is 2.18. The van der Waals surface area contributed by atoms with Crippen molar-refractivity contribution in [3.8, 4) is 0 Å². The number of carbonyl (C=O) groups excluding carboxylic acids is 1. The lowest BCUT2D eigenvalue weighted by molar-refractivity contribution is -0.137. The predicted molar refractivity (Wildman–Crippen MR) is 101 cm³/mol. The zero-order chi connectivity index (χ0) is 18.4. The number of aryl methyl sites for hydroxylation is 1. The van der Waals surface area contributed by atoms with Crippen LogP contribution in [0.15, 0.2) is 48.5 Å². The third-order valence-electron chi connectivity index (χ3n) is 3.32. The molecule has 0 bridgehead atoms. The highest BCUT2D eigenvalue weighted by molar-refractivity contribution is 7.81. The van der Waals surface area contributed by atoms with Gasteiger partial charge in [-0.3, -0.25) is 4.55 Å². The molecule has 7 heteroatoms.